The quantitative estimate of drug-likeness (QED) is 0.135. The number of carbonyl (C=O) groups excluding carboxylic acids is 5. The largest absolute Gasteiger partial charge is 0.460 e. The molecule has 66 heavy (non-hydrogen) atoms. The molecule has 2 bridgehead atoms. The molecule has 0 aromatic rings. The molecule has 3 fully saturated rings. The van der Waals surface area contributed by atoms with E-state index in [1.165, 1.54) is 4.90 Å². The summed E-state index contributed by atoms with van der Waals surface area (Å²) >= 11 is 0. The minimum atomic E-state index is -2.42. The Morgan fingerprint density at radius 2 is 1.59 bits per heavy atom. The molecule has 0 aromatic carbocycles. The predicted molar refractivity (Wildman–Crippen MR) is 250 cm³/mol. The average Bonchev–Trinajstić information content (AvgIpc) is 3.29. The molecule has 372 valence electrons. The van der Waals surface area contributed by atoms with Gasteiger partial charge in [0.1, 0.15) is 23.7 Å². The number of hydrogen-bond donors (Lipinski definition) is 3. The van der Waals surface area contributed by atoms with Crippen LogP contribution in [0.5, 0.6) is 0 Å². The summed E-state index contributed by atoms with van der Waals surface area (Å²) in [7, 11) is 3.22. The van der Waals surface area contributed by atoms with Crippen LogP contribution in [0.3, 0.4) is 0 Å². The number of carbonyl (C=O) groups is 5. The number of cyclic esters (lactones) is 1. The van der Waals surface area contributed by atoms with Crippen molar-refractivity contribution in [3.8, 4) is 0 Å². The molecule has 4 rings (SSSR count). The van der Waals surface area contributed by atoms with Crippen molar-refractivity contribution in [2.24, 2.45) is 35.5 Å². The van der Waals surface area contributed by atoms with Gasteiger partial charge in [0.2, 0.25) is 5.79 Å². The fourth-order valence-electron chi connectivity index (χ4n) is 10.2. The Morgan fingerprint density at radius 1 is 0.848 bits per heavy atom. The van der Waals surface area contributed by atoms with E-state index in [4.69, 9.17) is 23.7 Å². The summed E-state index contributed by atoms with van der Waals surface area (Å²) in [5, 5.41) is 32.4. The lowest BCUT2D eigenvalue weighted by molar-refractivity contribution is -0.265. The lowest BCUT2D eigenvalue weighted by Gasteiger charge is -2.42. The Balaban J connectivity index is 1.66. The molecule has 0 radical (unpaired) electrons. The van der Waals surface area contributed by atoms with Crippen molar-refractivity contribution in [2.75, 3.05) is 34.0 Å². The van der Waals surface area contributed by atoms with Crippen LogP contribution in [0.25, 0.3) is 0 Å². The second kappa shape index (κ2) is 26.4. The van der Waals surface area contributed by atoms with Crippen LogP contribution < -0.4 is 0 Å². The Morgan fingerprint density at radius 3 is 2.29 bits per heavy atom. The Hall–Kier alpha value is -3.37. The minimum Gasteiger partial charge on any atom is -0.460 e. The summed E-state index contributed by atoms with van der Waals surface area (Å²) in [6, 6.07) is -1.13. The number of Topliss-reactive ketones (excluding diaryl/α,β-unsaturated/α-hetero) is 3. The Labute approximate surface area is 393 Å². The van der Waals surface area contributed by atoms with Crippen molar-refractivity contribution in [3.05, 3.63) is 47.6 Å². The molecule has 2 saturated heterocycles. The van der Waals surface area contributed by atoms with Crippen LogP contribution >= 0.6 is 0 Å². The minimum absolute atomic E-state index is 0.0737. The zero-order valence-electron chi connectivity index (χ0n) is 41.2. The highest BCUT2D eigenvalue weighted by atomic mass is 16.6. The predicted octanol–water partition coefficient (Wildman–Crippen LogP) is 6.57. The molecule has 0 aromatic heterocycles. The first-order valence-corrected chi connectivity index (χ1v) is 24.5. The van der Waals surface area contributed by atoms with Gasteiger partial charge in [-0.2, -0.15) is 0 Å². The fourth-order valence-corrected chi connectivity index (χ4v) is 10.2. The summed E-state index contributed by atoms with van der Waals surface area (Å²) in [5.41, 5.74) is 1.39. The lowest BCUT2D eigenvalue weighted by atomic mass is 9.78. The van der Waals surface area contributed by atoms with Crippen molar-refractivity contribution >= 4 is 29.2 Å². The average molecular weight is 928 g/mol. The third-order valence-corrected chi connectivity index (χ3v) is 14.6. The number of amides is 1. The number of aliphatic hydroxyl groups is 3. The molecule has 1 saturated carbocycles. The van der Waals surface area contributed by atoms with Gasteiger partial charge in [-0.15, -0.1) is 0 Å². The number of methoxy groups -OCH3 is 2. The molecule has 3 aliphatic heterocycles. The van der Waals surface area contributed by atoms with Crippen LogP contribution in [0.2, 0.25) is 0 Å². The second-order valence-electron chi connectivity index (χ2n) is 19.8. The summed E-state index contributed by atoms with van der Waals surface area (Å²) < 4.78 is 29.9. The van der Waals surface area contributed by atoms with E-state index in [0.717, 1.165) is 12.0 Å². The fraction of sp³-hybridized carbons (Fsp3) is 0.750. The molecule has 4 aliphatic rings. The maximum Gasteiger partial charge on any atom is 0.329 e. The van der Waals surface area contributed by atoms with Gasteiger partial charge in [0.05, 0.1) is 43.7 Å². The molecule has 14 atom stereocenters. The summed E-state index contributed by atoms with van der Waals surface area (Å²) in [6.45, 7) is 13.1. The van der Waals surface area contributed by atoms with Crippen LogP contribution in [-0.4, -0.2) is 132 Å². The van der Waals surface area contributed by atoms with E-state index >= 15 is 0 Å². The zero-order chi connectivity index (χ0) is 48.7. The standard InChI is InChI=1S/C52H81NO13/c1-32-15-11-10-12-16-33(2)46(62-8)29-40-20-18-38(7)52(61,66-40)49(58)50(59)53-22-14-13-17-41(53)51(60)65-47(37(6)27-39-19-21-45(64-24-23-54)48(28-39)63-9)31-44(57)36(5)26-35(4)43(56)30-42(55)34(3)25-32/h10-12,15-16,26,32,34,36-41,43,45-48,54,56,61H,13-14,17-25,27-31H2,1-9H3/b12-10+,15-11+,33-16+,35-26+/t32-,34-,36-,37-,38-,39+,40+,41+,43+,45-,46+,47+,48-,52-/m1/s1. The normalized spacial score (nSPS) is 38.8. The number of rotatable bonds is 8. The smallest absolute Gasteiger partial charge is 0.329 e. The number of nitrogens with zero attached hydrogens (tertiary/aromatic N) is 1. The van der Waals surface area contributed by atoms with Crippen molar-refractivity contribution in [2.45, 2.75) is 180 Å². The van der Waals surface area contributed by atoms with E-state index in [0.29, 0.717) is 63.4 Å². The van der Waals surface area contributed by atoms with Gasteiger partial charge in [0, 0.05) is 57.8 Å². The zero-order valence-corrected chi connectivity index (χ0v) is 41.2. The number of ether oxygens (including phenoxy) is 5. The first-order valence-electron chi connectivity index (χ1n) is 24.5. The van der Waals surface area contributed by atoms with E-state index in [1.807, 2.05) is 58.1 Å². The molecule has 0 spiro atoms. The van der Waals surface area contributed by atoms with Crippen LogP contribution in [0.15, 0.2) is 47.6 Å². The first-order chi connectivity index (χ1) is 31.3. The monoisotopic (exact) mass is 928 g/mol. The molecule has 0 unspecified atom stereocenters. The van der Waals surface area contributed by atoms with Gasteiger partial charge in [-0.25, -0.2) is 4.79 Å². The van der Waals surface area contributed by atoms with Gasteiger partial charge >= 0.3 is 5.97 Å². The number of fused-ring (bicyclic) bond motifs is 3. The highest BCUT2D eigenvalue weighted by Crippen LogP contribution is 2.38. The molecule has 1 amide bonds. The topological polar surface area (TPSA) is 195 Å². The first kappa shape index (κ1) is 55.2. The lowest BCUT2D eigenvalue weighted by Crippen LogP contribution is -2.61. The van der Waals surface area contributed by atoms with Crippen LogP contribution in [0.4, 0.5) is 0 Å². The number of ketones is 3. The third kappa shape index (κ3) is 15.3. The molecular formula is C52H81NO13. The summed E-state index contributed by atoms with van der Waals surface area (Å²) in [6.07, 6.45) is 13.8. The van der Waals surface area contributed by atoms with Crippen molar-refractivity contribution < 1.29 is 63.0 Å². The van der Waals surface area contributed by atoms with E-state index in [9.17, 15) is 39.3 Å². The van der Waals surface area contributed by atoms with Gasteiger partial charge in [-0.05, 0) is 107 Å². The maximum atomic E-state index is 14.4. The third-order valence-electron chi connectivity index (χ3n) is 14.6. The van der Waals surface area contributed by atoms with Crippen LogP contribution in [0.1, 0.15) is 132 Å². The highest BCUT2D eigenvalue weighted by Gasteiger charge is 2.53. The summed E-state index contributed by atoms with van der Waals surface area (Å²) in [4.78, 5) is 71.5. The number of hydrogen-bond acceptors (Lipinski definition) is 13. The van der Waals surface area contributed by atoms with E-state index in [1.54, 1.807) is 41.1 Å². The van der Waals surface area contributed by atoms with E-state index in [2.05, 4.69) is 0 Å². The Bertz CT molecular complexity index is 1760. The number of piperidine rings is 1. The van der Waals surface area contributed by atoms with Crippen LogP contribution in [-0.2, 0) is 47.7 Å². The summed E-state index contributed by atoms with van der Waals surface area (Å²) in [5.74, 6) is -7.37. The van der Waals surface area contributed by atoms with Crippen molar-refractivity contribution in [3.63, 3.8) is 0 Å². The Kier molecular flexibility index (Phi) is 22.1. The van der Waals surface area contributed by atoms with Crippen LogP contribution in [0, 0.1) is 35.5 Å². The highest BCUT2D eigenvalue weighted by molar-refractivity contribution is 6.39. The van der Waals surface area contributed by atoms with Gasteiger partial charge in [-0.1, -0.05) is 71.1 Å². The molecule has 3 N–H and O–H groups in total. The van der Waals surface area contributed by atoms with Gasteiger partial charge in [0.25, 0.3) is 11.7 Å². The van der Waals surface area contributed by atoms with Crippen molar-refractivity contribution in [1.82, 2.24) is 4.90 Å². The molecule has 14 nitrogen and oxygen atoms in total. The molecule has 1 aliphatic carbocycles. The number of aliphatic hydroxyl groups excluding tert-OH is 2. The SMILES string of the molecule is CO[C@H]1C[C@@H]2CC[C@@H](C)[C@@](O)(O2)C(=O)C(=O)N2CCCC[C@H]2C(=O)O[C@H]([C@H](C)C[C@@H]2CC[C@@H](OCCO)[C@H](OC)C2)CC(=O)[C@H](C)/C=C(\C)[C@@H](O)CC(=O)[C@H](C)C[C@H](C)/C=C/C=C/C=C/1C. The van der Waals surface area contributed by atoms with Gasteiger partial charge in [0.15, 0.2) is 0 Å². The maximum absolute atomic E-state index is 14.4. The van der Waals surface area contributed by atoms with Gasteiger partial charge in [-0.3, -0.25) is 19.2 Å². The molecule has 14 heteroatoms. The van der Waals surface area contributed by atoms with Gasteiger partial charge < -0.3 is 43.9 Å². The molecule has 3 heterocycles. The van der Waals surface area contributed by atoms with E-state index < -0.39 is 65.7 Å². The van der Waals surface area contributed by atoms with Crippen molar-refractivity contribution in [1.29, 1.82) is 0 Å². The number of esters is 1. The number of allylic oxidation sites excluding steroid dienone is 6. The van der Waals surface area contributed by atoms with E-state index in [-0.39, 0.29) is 86.5 Å². The molecular weight excluding hydrogens is 847 g/mol. The second-order valence-corrected chi connectivity index (χ2v) is 19.8.